The molecule has 29 heavy (non-hydrogen) atoms. The molecule has 1 aromatic carbocycles. The number of carbonyl (C=O) groups is 2. The van der Waals surface area contributed by atoms with Crippen molar-refractivity contribution in [2.75, 3.05) is 13.6 Å². The van der Waals surface area contributed by atoms with Crippen molar-refractivity contribution in [3.63, 3.8) is 0 Å². The molecule has 1 unspecified atom stereocenters. The van der Waals surface area contributed by atoms with E-state index in [1.807, 2.05) is 13.1 Å². The third-order valence-electron chi connectivity index (χ3n) is 3.85. The number of rotatable bonds is 7. The summed E-state index contributed by atoms with van der Waals surface area (Å²) in [7, 11) is 0.0443. The van der Waals surface area contributed by atoms with Gasteiger partial charge in [0.15, 0.2) is 19.8 Å². The summed E-state index contributed by atoms with van der Waals surface area (Å²) in [6.45, 7) is 17.6. The molecule has 1 aromatic rings. The molecule has 164 valence electrons. The molecule has 0 fully saturated rings. The molecule has 1 N–H and O–H groups in total. The standard InChI is InChI=1S/C22H37NO5Si/c1-21(2,3)19(24)26-16-12-11-15(18(14-23-7)28-29(8,9)10)13-17(16)27-20(25)22(4,5)6/h11-13,18,23H,14H2,1-10H3. The number of likely N-dealkylation sites (N-methyl/N-ethyl adjacent to an activating group) is 1. The van der Waals surface area contributed by atoms with Crippen molar-refractivity contribution in [1.82, 2.24) is 5.32 Å². The van der Waals surface area contributed by atoms with E-state index in [9.17, 15) is 9.59 Å². The van der Waals surface area contributed by atoms with Gasteiger partial charge in [0.1, 0.15) is 0 Å². The van der Waals surface area contributed by atoms with Crippen LogP contribution in [0.15, 0.2) is 18.2 Å². The number of ether oxygens (including phenoxy) is 2. The highest BCUT2D eigenvalue weighted by Gasteiger charge is 2.29. The predicted octanol–water partition coefficient (Wildman–Crippen LogP) is 4.70. The van der Waals surface area contributed by atoms with Crippen molar-refractivity contribution in [2.24, 2.45) is 10.8 Å². The Hall–Kier alpha value is -1.70. The van der Waals surface area contributed by atoms with Gasteiger partial charge in [0.05, 0.1) is 16.9 Å². The molecule has 7 heteroatoms. The summed E-state index contributed by atoms with van der Waals surface area (Å²) in [6.07, 6.45) is -0.203. The zero-order valence-electron chi connectivity index (χ0n) is 19.6. The lowest BCUT2D eigenvalue weighted by atomic mass is 9.97. The first-order valence-electron chi connectivity index (χ1n) is 9.95. The van der Waals surface area contributed by atoms with Crippen molar-refractivity contribution in [3.05, 3.63) is 23.8 Å². The number of esters is 2. The average molecular weight is 424 g/mol. The maximum Gasteiger partial charge on any atom is 0.316 e. The highest BCUT2D eigenvalue weighted by atomic mass is 28.4. The lowest BCUT2D eigenvalue weighted by Gasteiger charge is -2.27. The van der Waals surface area contributed by atoms with E-state index in [0.29, 0.717) is 6.54 Å². The fraction of sp³-hybridized carbons (Fsp3) is 0.636. The molecule has 0 aliphatic carbocycles. The second-order valence-corrected chi connectivity index (χ2v) is 14.7. The number of hydrogen-bond acceptors (Lipinski definition) is 6. The van der Waals surface area contributed by atoms with Crippen molar-refractivity contribution in [3.8, 4) is 11.5 Å². The van der Waals surface area contributed by atoms with Gasteiger partial charge in [-0.1, -0.05) is 6.07 Å². The van der Waals surface area contributed by atoms with Crippen LogP contribution in [0.3, 0.4) is 0 Å². The molecule has 6 nitrogen and oxygen atoms in total. The largest absolute Gasteiger partial charge is 0.422 e. The minimum absolute atomic E-state index is 0.203. The molecule has 0 aliphatic rings. The van der Waals surface area contributed by atoms with Gasteiger partial charge < -0.3 is 19.2 Å². The fourth-order valence-electron chi connectivity index (χ4n) is 2.23. The number of hydrogen-bond donors (Lipinski definition) is 1. The van der Waals surface area contributed by atoms with Crippen LogP contribution < -0.4 is 14.8 Å². The van der Waals surface area contributed by atoms with E-state index in [4.69, 9.17) is 13.9 Å². The first kappa shape index (κ1) is 25.3. The normalized spacial score (nSPS) is 13.7. The van der Waals surface area contributed by atoms with E-state index in [1.54, 1.807) is 53.7 Å². The van der Waals surface area contributed by atoms with E-state index in [2.05, 4.69) is 25.0 Å². The van der Waals surface area contributed by atoms with E-state index in [-0.39, 0.29) is 17.6 Å². The number of carbonyl (C=O) groups excluding carboxylic acids is 2. The molecule has 0 spiro atoms. The van der Waals surface area contributed by atoms with E-state index in [1.165, 1.54) is 0 Å². The predicted molar refractivity (Wildman–Crippen MR) is 118 cm³/mol. The van der Waals surface area contributed by atoms with Crippen molar-refractivity contribution in [1.29, 1.82) is 0 Å². The van der Waals surface area contributed by atoms with Crippen molar-refractivity contribution >= 4 is 20.3 Å². The van der Waals surface area contributed by atoms with Crippen molar-refractivity contribution in [2.45, 2.75) is 67.3 Å². The van der Waals surface area contributed by atoms with E-state index in [0.717, 1.165) is 5.56 Å². The van der Waals surface area contributed by atoms with Gasteiger partial charge >= 0.3 is 11.9 Å². The second-order valence-electron chi connectivity index (χ2n) is 10.3. The third kappa shape index (κ3) is 8.28. The van der Waals surface area contributed by atoms with Gasteiger partial charge in [0.2, 0.25) is 0 Å². The molecule has 0 saturated carbocycles. The second kappa shape index (κ2) is 9.41. The molecular formula is C22H37NO5Si. The molecule has 0 radical (unpaired) electrons. The van der Waals surface area contributed by atoms with Crippen LogP contribution in [0.2, 0.25) is 19.6 Å². The molecule has 0 aromatic heterocycles. The van der Waals surface area contributed by atoms with Crippen LogP contribution in [0.1, 0.15) is 53.2 Å². The van der Waals surface area contributed by atoms with Gasteiger partial charge in [-0.2, -0.15) is 0 Å². The quantitative estimate of drug-likeness (QED) is 0.389. The Morgan fingerprint density at radius 1 is 0.931 bits per heavy atom. The topological polar surface area (TPSA) is 73.9 Å². The summed E-state index contributed by atoms with van der Waals surface area (Å²) in [5.74, 6) is -0.356. The van der Waals surface area contributed by atoms with Gasteiger partial charge in [0.25, 0.3) is 0 Å². The lowest BCUT2D eigenvalue weighted by molar-refractivity contribution is -0.145. The SMILES string of the molecule is CNCC(O[Si](C)(C)C)c1ccc(OC(=O)C(C)(C)C)c(OC(=O)C(C)(C)C)c1. The van der Waals surface area contributed by atoms with Crippen LogP contribution in [-0.4, -0.2) is 33.8 Å². The Morgan fingerprint density at radius 2 is 1.41 bits per heavy atom. The highest BCUT2D eigenvalue weighted by molar-refractivity contribution is 6.69. The Morgan fingerprint density at radius 3 is 1.83 bits per heavy atom. The number of nitrogens with one attached hydrogen (secondary N) is 1. The summed E-state index contributed by atoms with van der Waals surface area (Å²) < 4.78 is 17.5. The Bertz CT molecular complexity index is 726. The molecule has 0 aliphatic heterocycles. The zero-order chi connectivity index (χ0) is 22.6. The summed E-state index contributed by atoms with van der Waals surface area (Å²) in [6, 6.07) is 5.25. The molecule has 1 rings (SSSR count). The third-order valence-corrected chi connectivity index (χ3v) is 4.85. The van der Waals surface area contributed by atoms with Crippen LogP contribution in [0.4, 0.5) is 0 Å². The van der Waals surface area contributed by atoms with Gasteiger partial charge in [-0.25, -0.2) is 0 Å². The first-order valence-corrected chi connectivity index (χ1v) is 13.4. The summed E-state index contributed by atoms with van der Waals surface area (Å²) >= 11 is 0. The summed E-state index contributed by atoms with van der Waals surface area (Å²) in [5, 5.41) is 3.14. The Kier molecular flexibility index (Phi) is 8.22. The van der Waals surface area contributed by atoms with Gasteiger partial charge in [-0.05, 0) is 85.9 Å². The summed E-state index contributed by atoms with van der Waals surface area (Å²) in [4.78, 5) is 24.9. The van der Waals surface area contributed by atoms with E-state index >= 15 is 0 Å². The Labute approximate surface area is 176 Å². The van der Waals surface area contributed by atoms with Gasteiger partial charge in [0, 0.05) is 6.54 Å². The Balaban J connectivity index is 3.36. The lowest BCUT2D eigenvalue weighted by Crippen LogP contribution is -2.32. The molecule has 0 heterocycles. The van der Waals surface area contributed by atoms with Crippen molar-refractivity contribution < 1.29 is 23.5 Å². The number of benzene rings is 1. The van der Waals surface area contributed by atoms with E-state index < -0.39 is 31.1 Å². The first-order chi connectivity index (χ1) is 13.0. The minimum Gasteiger partial charge on any atom is -0.422 e. The maximum absolute atomic E-state index is 12.5. The molecule has 0 saturated heterocycles. The van der Waals surface area contributed by atoms with Crippen LogP contribution in [-0.2, 0) is 14.0 Å². The van der Waals surface area contributed by atoms with Crippen LogP contribution >= 0.6 is 0 Å². The minimum atomic E-state index is -1.82. The molecular weight excluding hydrogens is 386 g/mol. The van der Waals surface area contributed by atoms with Gasteiger partial charge in [-0.15, -0.1) is 0 Å². The summed E-state index contributed by atoms with van der Waals surface area (Å²) in [5.41, 5.74) is -0.519. The molecule has 1 atom stereocenters. The molecule has 0 amide bonds. The highest BCUT2D eigenvalue weighted by Crippen LogP contribution is 2.35. The van der Waals surface area contributed by atoms with Crippen LogP contribution in [0.25, 0.3) is 0 Å². The average Bonchev–Trinajstić information content (AvgIpc) is 2.52. The zero-order valence-corrected chi connectivity index (χ0v) is 20.6. The van der Waals surface area contributed by atoms with Crippen LogP contribution in [0.5, 0.6) is 11.5 Å². The smallest absolute Gasteiger partial charge is 0.316 e. The monoisotopic (exact) mass is 423 g/mol. The van der Waals surface area contributed by atoms with Gasteiger partial charge in [-0.3, -0.25) is 9.59 Å². The maximum atomic E-state index is 12.5. The molecule has 0 bridgehead atoms. The fourth-order valence-corrected chi connectivity index (χ4v) is 3.31. The van der Waals surface area contributed by atoms with Crippen LogP contribution in [0, 0.1) is 10.8 Å².